The fraction of sp³-hybridized carbons (Fsp3) is 0.429. The van der Waals surface area contributed by atoms with Gasteiger partial charge in [0.2, 0.25) is 5.78 Å². The molecule has 1 saturated carbocycles. The van der Waals surface area contributed by atoms with E-state index >= 15 is 0 Å². The highest BCUT2D eigenvalue weighted by Crippen LogP contribution is 2.26. The molecule has 1 fully saturated rings. The number of carbonyl (C=O) groups is 1. The van der Waals surface area contributed by atoms with Crippen molar-refractivity contribution in [3.05, 3.63) is 28.5 Å². The largest absolute Gasteiger partial charge is 0.381 e. The highest BCUT2D eigenvalue weighted by molar-refractivity contribution is 9.10. The highest BCUT2D eigenvalue weighted by atomic mass is 79.9. The molecule has 2 rings (SSSR count). The lowest BCUT2D eigenvalue weighted by Gasteiger charge is -2.27. The van der Waals surface area contributed by atoms with Crippen molar-refractivity contribution in [2.75, 3.05) is 0 Å². The molecule has 1 aliphatic rings. The van der Waals surface area contributed by atoms with Gasteiger partial charge in [0.1, 0.15) is 5.82 Å². The Bertz CT molecular complexity index is 761. The average molecular weight is 421 g/mol. The van der Waals surface area contributed by atoms with Crippen LogP contribution in [0.5, 0.6) is 0 Å². The molecule has 132 valence electrons. The van der Waals surface area contributed by atoms with Crippen LogP contribution in [-0.2, 0) is 15.0 Å². The number of nitrogens with two attached hydrogens (primary N) is 2. The molecule has 7 nitrogen and oxygen atoms in total. The minimum absolute atomic E-state index is 0.142. The van der Waals surface area contributed by atoms with E-state index in [-0.39, 0.29) is 28.1 Å². The van der Waals surface area contributed by atoms with E-state index in [1.807, 2.05) is 0 Å². The van der Waals surface area contributed by atoms with Gasteiger partial charge in [0.25, 0.3) is 10.2 Å². The number of ketones is 1. The molecule has 0 aromatic heterocycles. The highest BCUT2D eigenvalue weighted by Gasteiger charge is 2.29. The number of rotatable bonds is 5. The van der Waals surface area contributed by atoms with Crippen molar-refractivity contribution < 1.29 is 17.6 Å². The second kappa shape index (κ2) is 7.68. The molecule has 1 aromatic carbocycles. The van der Waals surface area contributed by atoms with Crippen molar-refractivity contribution in [1.29, 1.82) is 0 Å². The summed E-state index contributed by atoms with van der Waals surface area (Å²) in [6.45, 7) is 0. The lowest BCUT2D eigenvalue weighted by Crippen LogP contribution is -2.43. The number of carbonyl (C=O) groups excluding carboxylic acids is 1. The Balaban J connectivity index is 1.99. The lowest BCUT2D eigenvalue weighted by molar-refractivity contribution is -0.117. The van der Waals surface area contributed by atoms with Gasteiger partial charge in [0, 0.05) is 12.0 Å². The monoisotopic (exact) mass is 420 g/mol. The van der Waals surface area contributed by atoms with Crippen LogP contribution < -0.4 is 15.6 Å². The van der Waals surface area contributed by atoms with E-state index in [9.17, 15) is 17.6 Å². The lowest BCUT2D eigenvalue weighted by atomic mass is 9.83. The van der Waals surface area contributed by atoms with Gasteiger partial charge in [0.05, 0.1) is 10.2 Å². The first-order valence-corrected chi connectivity index (χ1v) is 9.63. The van der Waals surface area contributed by atoms with Crippen LogP contribution in [0.25, 0.3) is 0 Å². The summed E-state index contributed by atoms with van der Waals surface area (Å²) in [5.41, 5.74) is 6.14. The maximum absolute atomic E-state index is 13.2. The molecule has 0 spiro atoms. The zero-order valence-electron chi connectivity index (χ0n) is 12.7. The molecule has 0 amide bonds. The van der Waals surface area contributed by atoms with E-state index in [0.29, 0.717) is 31.4 Å². The number of hydrogen-bond acceptors (Lipinski definition) is 4. The standard InChI is InChI=1S/C14H18BrFN4O3S/c15-11-7-10(5-6-12(11)16)19-14(17)13(21)8-1-3-9(4-2-8)20-24(18,22)23/h5-9,20H,1-4H2,(H2,17,19)(H2,18,22,23). The van der Waals surface area contributed by atoms with Gasteiger partial charge in [-0.05, 0) is 59.8 Å². The Kier molecular flexibility index (Phi) is 6.07. The first-order chi connectivity index (χ1) is 11.2. The van der Waals surface area contributed by atoms with Crippen LogP contribution in [0, 0.1) is 11.7 Å². The third kappa shape index (κ3) is 5.33. The molecule has 0 saturated heterocycles. The van der Waals surface area contributed by atoms with Gasteiger partial charge in [-0.2, -0.15) is 13.1 Å². The predicted octanol–water partition coefficient (Wildman–Crippen LogP) is 1.50. The molecule has 0 atom stereocenters. The van der Waals surface area contributed by atoms with Crippen LogP contribution in [0.15, 0.2) is 27.7 Å². The van der Waals surface area contributed by atoms with Gasteiger partial charge in [-0.3, -0.25) is 4.79 Å². The maximum atomic E-state index is 13.2. The molecular weight excluding hydrogens is 403 g/mol. The quantitative estimate of drug-likeness (QED) is 0.492. The predicted molar refractivity (Wildman–Crippen MR) is 92.4 cm³/mol. The smallest absolute Gasteiger partial charge is 0.274 e. The number of hydrogen-bond donors (Lipinski definition) is 3. The SMILES string of the molecule is NC(=Nc1ccc(F)c(Br)c1)C(=O)C1CCC(NS(N)(=O)=O)CC1. The Hall–Kier alpha value is -1.36. The number of aliphatic imine (C=N–C) groups is 1. The van der Waals surface area contributed by atoms with E-state index < -0.39 is 16.0 Å². The van der Waals surface area contributed by atoms with Crippen molar-refractivity contribution in [2.24, 2.45) is 21.8 Å². The first kappa shape index (κ1) is 19.0. The van der Waals surface area contributed by atoms with E-state index in [1.54, 1.807) is 0 Å². The fourth-order valence-corrected chi connectivity index (χ4v) is 3.73. The van der Waals surface area contributed by atoms with Crippen LogP contribution in [-0.4, -0.2) is 26.1 Å². The number of benzene rings is 1. The number of amidine groups is 1. The molecule has 0 bridgehead atoms. The zero-order valence-corrected chi connectivity index (χ0v) is 15.1. The maximum Gasteiger partial charge on any atom is 0.274 e. The summed E-state index contributed by atoms with van der Waals surface area (Å²) in [6.07, 6.45) is 2.00. The molecule has 0 aliphatic heterocycles. The van der Waals surface area contributed by atoms with Crippen molar-refractivity contribution in [3.63, 3.8) is 0 Å². The Morgan fingerprint density at radius 2 is 1.92 bits per heavy atom. The van der Waals surface area contributed by atoms with Crippen molar-refractivity contribution in [2.45, 2.75) is 31.7 Å². The molecule has 10 heteroatoms. The van der Waals surface area contributed by atoms with Gasteiger partial charge in [-0.15, -0.1) is 0 Å². The van der Waals surface area contributed by atoms with Crippen LogP contribution >= 0.6 is 15.9 Å². The summed E-state index contributed by atoms with van der Waals surface area (Å²) in [5.74, 6) is -1.17. The first-order valence-electron chi connectivity index (χ1n) is 7.29. The zero-order chi connectivity index (χ0) is 17.9. The molecule has 1 aromatic rings. The Morgan fingerprint density at radius 1 is 1.29 bits per heavy atom. The minimum Gasteiger partial charge on any atom is -0.381 e. The second-order valence-electron chi connectivity index (χ2n) is 5.67. The van der Waals surface area contributed by atoms with Gasteiger partial charge < -0.3 is 5.73 Å². The van der Waals surface area contributed by atoms with Crippen LogP contribution in [0.1, 0.15) is 25.7 Å². The van der Waals surface area contributed by atoms with E-state index in [0.717, 1.165) is 0 Å². The van der Waals surface area contributed by atoms with Crippen molar-refractivity contribution >= 4 is 43.4 Å². The van der Waals surface area contributed by atoms with Crippen molar-refractivity contribution in [1.82, 2.24) is 4.72 Å². The van der Waals surface area contributed by atoms with Gasteiger partial charge in [0.15, 0.2) is 5.84 Å². The summed E-state index contributed by atoms with van der Waals surface area (Å²) in [5, 5.41) is 4.94. The number of nitrogens with one attached hydrogen (secondary N) is 1. The Labute approximate surface area is 148 Å². The van der Waals surface area contributed by atoms with E-state index in [2.05, 4.69) is 25.6 Å². The topological polar surface area (TPSA) is 128 Å². The number of nitrogens with zero attached hydrogens (tertiary/aromatic N) is 1. The number of halogens is 2. The van der Waals surface area contributed by atoms with Crippen LogP contribution in [0.3, 0.4) is 0 Å². The molecule has 0 unspecified atom stereocenters. The fourth-order valence-electron chi connectivity index (χ4n) is 2.66. The third-order valence-electron chi connectivity index (χ3n) is 3.83. The molecule has 5 N–H and O–H groups in total. The minimum atomic E-state index is -3.74. The van der Waals surface area contributed by atoms with Crippen molar-refractivity contribution in [3.8, 4) is 0 Å². The van der Waals surface area contributed by atoms with Gasteiger partial charge >= 0.3 is 0 Å². The van der Waals surface area contributed by atoms with Gasteiger partial charge in [-0.25, -0.2) is 14.5 Å². The normalized spacial score (nSPS) is 22.4. The summed E-state index contributed by atoms with van der Waals surface area (Å²) in [4.78, 5) is 16.4. The summed E-state index contributed by atoms with van der Waals surface area (Å²) < 4.78 is 37.8. The molecule has 0 heterocycles. The molecular formula is C14H18BrFN4O3S. The molecule has 0 radical (unpaired) electrons. The molecule has 24 heavy (non-hydrogen) atoms. The number of Topliss-reactive ketones (excluding diaryl/α,β-unsaturated/α-hetero) is 1. The Morgan fingerprint density at radius 3 is 2.46 bits per heavy atom. The van der Waals surface area contributed by atoms with Crippen LogP contribution in [0.4, 0.5) is 10.1 Å². The van der Waals surface area contributed by atoms with E-state index in [1.165, 1.54) is 18.2 Å². The third-order valence-corrected chi connectivity index (χ3v) is 5.10. The molecule has 1 aliphatic carbocycles. The summed E-state index contributed by atoms with van der Waals surface area (Å²) >= 11 is 3.04. The van der Waals surface area contributed by atoms with Crippen LogP contribution in [0.2, 0.25) is 0 Å². The summed E-state index contributed by atoms with van der Waals surface area (Å²) in [6, 6.07) is 3.82. The average Bonchev–Trinajstić information content (AvgIpc) is 2.49. The van der Waals surface area contributed by atoms with E-state index in [4.69, 9.17) is 10.9 Å². The summed E-state index contributed by atoms with van der Waals surface area (Å²) in [7, 11) is -3.74. The second-order valence-corrected chi connectivity index (χ2v) is 7.85. The van der Waals surface area contributed by atoms with Gasteiger partial charge in [-0.1, -0.05) is 0 Å².